The predicted molar refractivity (Wildman–Crippen MR) is 123 cm³/mol. The number of fused-ring (bicyclic) bond motifs is 1. The van der Waals surface area contributed by atoms with Crippen LogP contribution < -0.4 is 0 Å². The lowest BCUT2D eigenvalue weighted by Crippen LogP contribution is -2.07. The van der Waals surface area contributed by atoms with Gasteiger partial charge in [-0.3, -0.25) is 4.57 Å². The van der Waals surface area contributed by atoms with Crippen LogP contribution in [0.3, 0.4) is 0 Å². The van der Waals surface area contributed by atoms with Crippen molar-refractivity contribution in [1.82, 2.24) is 30.2 Å². The van der Waals surface area contributed by atoms with E-state index in [4.69, 9.17) is 4.74 Å². The first kappa shape index (κ1) is 20.0. The third kappa shape index (κ3) is 3.42. The zero-order valence-corrected chi connectivity index (χ0v) is 18.0. The topological polar surface area (TPSA) is 98.6 Å². The molecular weight excluding hydrogens is 424 g/mol. The van der Waals surface area contributed by atoms with Crippen molar-refractivity contribution in [2.45, 2.75) is 12.1 Å². The van der Waals surface area contributed by atoms with Crippen molar-refractivity contribution in [3.05, 3.63) is 72.3 Å². The summed E-state index contributed by atoms with van der Waals surface area (Å²) in [6.07, 6.45) is 0. The first-order chi connectivity index (χ1) is 15.7. The number of benzene rings is 3. The summed E-state index contributed by atoms with van der Waals surface area (Å²) in [7, 11) is 0. The zero-order valence-electron chi connectivity index (χ0n) is 17.1. The van der Waals surface area contributed by atoms with Crippen molar-refractivity contribution in [2.24, 2.45) is 0 Å². The second-order valence-corrected chi connectivity index (χ2v) is 7.38. The van der Waals surface area contributed by atoms with Crippen LogP contribution in [0.25, 0.3) is 39.2 Å². The molecule has 1 N–H and O–H groups in total. The van der Waals surface area contributed by atoms with Crippen molar-refractivity contribution in [2.75, 3.05) is 6.61 Å². The lowest BCUT2D eigenvalue weighted by atomic mass is 9.99. The number of hydrogen-bond acceptors (Lipinski definition) is 7. The molecule has 5 aromatic rings. The number of carbonyl (C=O) groups excluding carboxylic acids is 1. The minimum atomic E-state index is -0.390. The highest BCUT2D eigenvalue weighted by Gasteiger charge is 2.19. The third-order valence-corrected chi connectivity index (χ3v) is 5.42. The van der Waals surface area contributed by atoms with Gasteiger partial charge in [0, 0.05) is 11.3 Å². The molecule has 0 radical (unpaired) electrons. The number of nitrogens with one attached hydrogen (secondary N) is 1. The van der Waals surface area contributed by atoms with Crippen LogP contribution >= 0.6 is 12.6 Å². The number of nitrogens with zero attached hydrogens (tertiary/aromatic N) is 5. The molecule has 0 bridgehead atoms. The molecule has 8 nitrogen and oxygen atoms in total. The van der Waals surface area contributed by atoms with Crippen LogP contribution in [0.5, 0.6) is 0 Å². The number of ether oxygens (including phenoxy) is 1. The molecular formula is C23H18N6O2S. The van der Waals surface area contributed by atoms with Gasteiger partial charge in [-0.15, -0.1) is 17.7 Å². The minimum absolute atomic E-state index is 0.298. The Bertz CT molecular complexity index is 1410. The SMILES string of the molecule is CCOC(=O)c1cccc2nc(S)n(-c3ccc(-c4ccccc4-c4nnn[nH]4)cc3)c12. The van der Waals surface area contributed by atoms with E-state index in [-0.39, 0.29) is 0 Å². The number of H-pyrrole nitrogens is 1. The van der Waals surface area contributed by atoms with Crippen molar-refractivity contribution in [3.8, 4) is 28.2 Å². The van der Waals surface area contributed by atoms with Gasteiger partial charge in [0.25, 0.3) is 0 Å². The molecule has 0 fully saturated rings. The van der Waals surface area contributed by atoms with Crippen LogP contribution in [0.1, 0.15) is 17.3 Å². The van der Waals surface area contributed by atoms with Gasteiger partial charge in [0.05, 0.1) is 23.2 Å². The molecule has 0 aliphatic rings. The van der Waals surface area contributed by atoms with Gasteiger partial charge in [-0.05, 0) is 52.7 Å². The molecule has 9 heteroatoms. The van der Waals surface area contributed by atoms with Crippen LogP contribution in [0.15, 0.2) is 71.9 Å². The Morgan fingerprint density at radius 1 is 1.03 bits per heavy atom. The van der Waals surface area contributed by atoms with E-state index in [2.05, 4.69) is 38.2 Å². The molecule has 158 valence electrons. The summed E-state index contributed by atoms with van der Waals surface area (Å²) in [5.41, 5.74) is 5.51. The van der Waals surface area contributed by atoms with Gasteiger partial charge < -0.3 is 4.74 Å². The summed E-state index contributed by atoms with van der Waals surface area (Å²) >= 11 is 4.56. The highest BCUT2D eigenvalue weighted by Crippen LogP contribution is 2.32. The maximum Gasteiger partial charge on any atom is 0.340 e. The van der Waals surface area contributed by atoms with Crippen LogP contribution in [0.4, 0.5) is 0 Å². The fraction of sp³-hybridized carbons (Fsp3) is 0.0870. The minimum Gasteiger partial charge on any atom is -0.462 e. The number of para-hydroxylation sites is 1. The van der Waals surface area contributed by atoms with Gasteiger partial charge in [-0.25, -0.2) is 14.9 Å². The summed E-state index contributed by atoms with van der Waals surface area (Å²) in [4.78, 5) is 17.0. The molecule has 2 heterocycles. The largest absolute Gasteiger partial charge is 0.462 e. The number of thiol groups is 1. The van der Waals surface area contributed by atoms with E-state index in [1.807, 2.05) is 59.2 Å². The number of tetrazole rings is 1. The molecule has 0 saturated heterocycles. The Hall–Kier alpha value is -3.98. The normalized spacial score (nSPS) is 11.1. The smallest absolute Gasteiger partial charge is 0.340 e. The Morgan fingerprint density at radius 2 is 1.81 bits per heavy atom. The first-order valence-electron chi connectivity index (χ1n) is 9.99. The molecule has 0 unspecified atom stereocenters. The lowest BCUT2D eigenvalue weighted by molar-refractivity contribution is 0.0528. The molecule has 0 spiro atoms. The second kappa shape index (κ2) is 8.27. The molecule has 32 heavy (non-hydrogen) atoms. The van der Waals surface area contributed by atoms with Gasteiger partial charge in [0.2, 0.25) is 0 Å². The number of imidazole rings is 1. The Kier molecular flexibility index (Phi) is 5.16. The van der Waals surface area contributed by atoms with Gasteiger partial charge in [0.15, 0.2) is 11.0 Å². The third-order valence-electron chi connectivity index (χ3n) is 5.12. The zero-order chi connectivity index (χ0) is 22.1. The van der Waals surface area contributed by atoms with Crippen molar-refractivity contribution in [1.29, 1.82) is 0 Å². The molecule has 0 aliphatic heterocycles. The predicted octanol–water partition coefficient (Wildman–Crippen LogP) is 4.34. The van der Waals surface area contributed by atoms with Gasteiger partial charge >= 0.3 is 5.97 Å². The van der Waals surface area contributed by atoms with Crippen molar-refractivity contribution < 1.29 is 9.53 Å². The highest BCUT2D eigenvalue weighted by atomic mass is 32.1. The summed E-state index contributed by atoms with van der Waals surface area (Å²) < 4.78 is 7.09. The summed E-state index contributed by atoms with van der Waals surface area (Å²) in [5.74, 6) is 0.209. The maximum atomic E-state index is 12.5. The quantitative estimate of drug-likeness (QED) is 0.310. The maximum absolute atomic E-state index is 12.5. The number of rotatable bonds is 5. The first-order valence-corrected chi connectivity index (χ1v) is 10.4. The number of carbonyl (C=O) groups is 1. The van der Waals surface area contributed by atoms with Gasteiger partial charge in [-0.1, -0.05) is 42.5 Å². The fourth-order valence-corrected chi connectivity index (χ4v) is 4.06. The lowest BCUT2D eigenvalue weighted by Gasteiger charge is -2.12. The van der Waals surface area contributed by atoms with E-state index in [9.17, 15) is 4.79 Å². The summed E-state index contributed by atoms with van der Waals surface area (Å²) in [6, 6.07) is 21.2. The highest BCUT2D eigenvalue weighted by molar-refractivity contribution is 7.80. The Labute approximate surface area is 188 Å². The number of esters is 1. The van der Waals surface area contributed by atoms with E-state index in [0.717, 1.165) is 22.4 Å². The molecule has 0 aliphatic carbocycles. The van der Waals surface area contributed by atoms with E-state index in [1.54, 1.807) is 19.1 Å². The monoisotopic (exact) mass is 442 g/mol. The average molecular weight is 443 g/mol. The summed E-state index contributed by atoms with van der Waals surface area (Å²) in [6.45, 7) is 2.08. The van der Waals surface area contributed by atoms with E-state index >= 15 is 0 Å². The van der Waals surface area contributed by atoms with Crippen LogP contribution in [0.2, 0.25) is 0 Å². The molecule has 2 aromatic heterocycles. The average Bonchev–Trinajstić information content (AvgIpc) is 3.46. The second-order valence-electron chi connectivity index (χ2n) is 6.98. The molecule has 3 aromatic carbocycles. The van der Waals surface area contributed by atoms with E-state index in [0.29, 0.717) is 34.2 Å². The standard InChI is InChI=1S/C23H18N6O2S/c1-2-31-22(30)18-8-5-9-19-20(18)29(23(32)24-19)15-12-10-14(11-13-15)16-6-3-4-7-17(16)21-25-27-28-26-21/h3-13H,2H2,1H3,(H,24,32)(H,25,26,27,28). The Morgan fingerprint density at radius 3 is 2.53 bits per heavy atom. The number of aromatic nitrogens is 6. The fourth-order valence-electron chi connectivity index (χ4n) is 3.74. The Balaban J connectivity index is 1.61. The van der Waals surface area contributed by atoms with Gasteiger partial charge in [0.1, 0.15) is 0 Å². The van der Waals surface area contributed by atoms with Gasteiger partial charge in [-0.2, -0.15) is 0 Å². The van der Waals surface area contributed by atoms with E-state index in [1.165, 1.54) is 0 Å². The number of aromatic amines is 1. The molecule has 5 rings (SSSR count). The van der Waals surface area contributed by atoms with Crippen LogP contribution in [-0.4, -0.2) is 42.8 Å². The number of hydrogen-bond donors (Lipinski definition) is 2. The van der Waals surface area contributed by atoms with E-state index < -0.39 is 5.97 Å². The van der Waals surface area contributed by atoms with Crippen LogP contribution in [0, 0.1) is 0 Å². The molecule has 0 atom stereocenters. The summed E-state index contributed by atoms with van der Waals surface area (Å²) in [5, 5.41) is 14.7. The van der Waals surface area contributed by atoms with Crippen molar-refractivity contribution >= 4 is 29.6 Å². The van der Waals surface area contributed by atoms with Crippen molar-refractivity contribution in [3.63, 3.8) is 0 Å². The van der Waals surface area contributed by atoms with Crippen LogP contribution in [-0.2, 0) is 4.74 Å². The molecule has 0 amide bonds. The molecule has 0 saturated carbocycles.